The van der Waals surface area contributed by atoms with E-state index in [1.165, 1.54) is 4.90 Å². The Bertz CT molecular complexity index is 745. The molecule has 0 saturated carbocycles. The van der Waals surface area contributed by atoms with Gasteiger partial charge in [-0.2, -0.15) is 12.6 Å². The Balaban J connectivity index is 1.88. The summed E-state index contributed by atoms with van der Waals surface area (Å²) in [7, 11) is 0. The molecule has 29 heavy (non-hydrogen) atoms. The van der Waals surface area contributed by atoms with Gasteiger partial charge < -0.3 is 26.4 Å². The normalized spacial score (nSPS) is 18.0. The maximum Gasteiger partial charge on any atom is 0.327 e. The van der Waals surface area contributed by atoms with Crippen LogP contribution in [0.15, 0.2) is 30.3 Å². The lowest BCUT2D eigenvalue weighted by Crippen LogP contribution is -2.53. The predicted molar refractivity (Wildman–Crippen MR) is 109 cm³/mol. The van der Waals surface area contributed by atoms with Crippen molar-refractivity contribution in [3.63, 3.8) is 0 Å². The summed E-state index contributed by atoms with van der Waals surface area (Å²) < 4.78 is 0. The lowest BCUT2D eigenvalue weighted by atomic mass is 10.1. The third-order valence-electron chi connectivity index (χ3n) is 4.69. The molecule has 0 aromatic heterocycles. The second-order valence-corrected chi connectivity index (χ2v) is 7.21. The summed E-state index contributed by atoms with van der Waals surface area (Å²) in [5, 5.41) is 13.6. The minimum absolute atomic E-state index is 0.0702. The van der Waals surface area contributed by atoms with Crippen molar-refractivity contribution in [3.05, 3.63) is 35.9 Å². The molecule has 1 aromatic carbocycles. The molecular weight excluding hydrogens is 396 g/mol. The number of nitrogens with zero attached hydrogens (tertiary/aromatic N) is 1. The van der Waals surface area contributed by atoms with E-state index >= 15 is 0 Å². The van der Waals surface area contributed by atoms with Crippen LogP contribution >= 0.6 is 12.6 Å². The van der Waals surface area contributed by atoms with Crippen molar-refractivity contribution in [2.75, 3.05) is 18.8 Å². The van der Waals surface area contributed by atoms with Crippen LogP contribution in [0, 0.1) is 0 Å². The standard InChI is InChI=1S/C19H26N4O5S/c20-13(9-12-5-2-1-3-6-12)18(26)23-8-4-7-15(23)17(25)21-10-16(24)22-14(11-29)19(27)28/h1-3,5-6,13-15,29H,4,7-11,20H2,(H,21,25)(H,22,24)(H,27,28). The van der Waals surface area contributed by atoms with Crippen LogP contribution in [0.4, 0.5) is 0 Å². The van der Waals surface area contributed by atoms with Crippen molar-refractivity contribution < 1.29 is 24.3 Å². The van der Waals surface area contributed by atoms with E-state index in [0.717, 1.165) is 5.56 Å². The first-order chi connectivity index (χ1) is 13.8. The Labute approximate surface area is 174 Å². The predicted octanol–water partition coefficient (Wildman–Crippen LogP) is -0.837. The number of carbonyl (C=O) groups is 4. The highest BCUT2D eigenvalue weighted by molar-refractivity contribution is 7.80. The van der Waals surface area contributed by atoms with Gasteiger partial charge >= 0.3 is 5.97 Å². The number of nitrogens with two attached hydrogens (primary N) is 1. The lowest BCUT2D eigenvalue weighted by molar-refractivity contribution is -0.141. The van der Waals surface area contributed by atoms with Crippen molar-refractivity contribution in [2.24, 2.45) is 5.73 Å². The number of aliphatic carboxylic acids is 1. The molecule has 2 rings (SSSR count). The summed E-state index contributed by atoms with van der Waals surface area (Å²) in [6.07, 6.45) is 1.51. The third kappa shape index (κ3) is 6.47. The molecule has 1 fully saturated rings. The molecule has 0 aliphatic carbocycles. The van der Waals surface area contributed by atoms with Gasteiger partial charge in [-0.15, -0.1) is 0 Å². The lowest BCUT2D eigenvalue weighted by Gasteiger charge is -2.26. The second kappa shape index (κ2) is 10.8. The number of likely N-dealkylation sites (tertiary alicyclic amines) is 1. The fourth-order valence-electron chi connectivity index (χ4n) is 3.19. The average molecular weight is 423 g/mol. The minimum Gasteiger partial charge on any atom is -0.480 e. The first-order valence-corrected chi connectivity index (χ1v) is 9.97. The molecule has 1 saturated heterocycles. The average Bonchev–Trinajstić information content (AvgIpc) is 3.20. The molecule has 1 heterocycles. The number of rotatable bonds is 9. The Morgan fingerprint density at radius 3 is 2.55 bits per heavy atom. The molecule has 1 aliphatic heterocycles. The highest BCUT2D eigenvalue weighted by Gasteiger charge is 2.36. The highest BCUT2D eigenvalue weighted by atomic mass is 32.1. The van der Waals surface area contributed by atoms with Crippen LogP contribution in [-0.4, -0.2) is 70.7 Å². The molecule has 3 amide bonds. The van der Waals surface area contributed by atoms with E-state index in [1.54, 1.807) is 0 Å². The van der Waals surface area contributed by atoms with Crippen molar-refractivity contribution in [3.8, 4) is 0 Å². The molecule has 1 aromatic rings. The fraction of sp³-hybridized carbons (Fsp3) is 0.474. The highest BCUT2D eigenvalue weighted by Crippen LogP contribution is 2.19. The number of thiol groups is 1. The van der Waals surface area contributed by atoms with Gasteiger partial charge in [0.1, 0.15) is 12.1 Å². The number of carbonyl (C=O) groups excluding carboxylic acids is 3. The van der Waals surface area contributed by atoms with E-state index in [-0.39, 0.29) is 18.2 Å². The topological polar surface area (TPSA) is 142 Å². The number of amides is 3. The molecule has 3 unspecified atom stereocenters. The fourth-order valence-corrected chi connectivity index (χ4v) is 3.43. The SMILES string of the molecule is NC(Cc1ccccc1)C(=O)N1CCCC1C(=O)NCC(=O)NC(CS)C(=O)O. The van der Waals surface area contributed by atoms with Crippen LogP contribution in [0.25, 0.3) is 0 Å². The van der Waals surface area contributed by atoms with Crippen molar-refractivity contribution in [1.29, 1.82) is 0 Å². The van der Waals surface area contributed by atoms with Crippen LogP contribution in [0.2, 0.25) is 0 Å². The van der Waals surface area contributed by atoms with Crippen molar-refractivity contribution in [1.82, 2.24) is 15.5 Å². The Hall–Kier alpha value is -2.59. The number of hydrogen-bond donors (Lipinski definition) is 5. The molecule has 5 N–H and O–H groups in total. The van der Waals surface area contributed by atoms with Gasteiger partial charge in [0.05, 0.1) is 12.6 Å². The van der Waals surface area contributed by atoms with Gasteiger partial charge in [-0.3, -0.25) is 14.4 Å². The van der Waals surface area contributed by atoms with Crippen molar-refractivity contribution in [2.45, 2.75) is 37.4 Å². The first-order valence-electron chi connectivity index (χ1n) is 9.34. The number of hydrogen-bond acceptors (Lipinski definition) is 6. The van der Waals surface area contributed by atoms with Gasteiger partial charge in [-0.05, 0) is 24.8 Å². The zero-order valence-electron chi connectivity index (χ0n) is 15.9. The molecule has 3 atom stereocenters. The zero-order valence-corrected chi connectivity index (χ0v) is 16.8. The Morgan fingerprint density at radius 1 is 1.24 bits per heavy atom. The molecular formula is C19H26N4O5S. The van der Waals surface area contributed by atoms with Crippen LogP contribution in [0.5, 0.6) is 0 Å². The summed E-state index contributed by atoms with van der Waals surface area (Å²) >= 11 is 3.86. The van der Waals surface area contributed by atoms with E-state index in [4.69, 9.17) is 10.8 Å². The number of benzene rings is 1. The zero-order chi connectivity index (χ0) is 21.4. The third-order valence-corrected chi connectivity index (χ3v) is 5.06. The molecule has 10 heteroatoms. The number of carboxylic acids is 1. The van der Waals surface area contributed by atoms with Gasteiger partial charge in [0.2, 0.25) is 17.7 Å². The second-order valence-electron chi connectivity index (χ2n) is 6.84. The van der Waals surface area contributed by atoms with Gasteiger partial charge in [0.25, 0.3) is 0 Å². The van der Waals surface area contributed by atoms with E-state index in [0.29, 0.717) is 25.8 Å². The molecule has 0 radical (unpaired) electrons. The van der Waals surface area contributed by atoms with Crippen molar-refractivity contribution >= 4 is 36.3 Å². The van der Waals surface area contributed by atoms with E-state index in [2.05, 4.69) is 23.3 Å². The summed E-state index contributed by atoms with van der Waals surface area (Å²) in [4.78, 5) is 49.4. The summed E-state index contributed by atoms with van der Waals surface area (Å²) in [6.45, 7) is 0.0390. The van der Waals surface area contributed by atoms with Gasteiger partial charge in [-0.25, -0.2) is 4.79 Å². The molecule has 9 nitrogen and oxygen atoms in total. The maximum atomic E-state index is 12.7. The molecule has 0 bridgehead atoms. The Morgan fingerprint density at radius 2 is 1.93 bits per heavy atom. The van der Waals surface area contributed by atoms with Crippen LogP contribution in [-0.2, 0) is 25.6 Å². The molecule has 1 aliphatic rings. The quantitative estimate of drug-likeness (QED) is 0.329. The van der Waals surface area contributed by atoms with Crippen LogP contribution < -0.4 is 16.4 Å². The maximum absolute atomic E-state index is 12.7. The summed E-state index contributed by atoms with van der Waals surface area (Å²) in [5.41, 5.74) is 6.99. The van der Waals surface area contributed by atoms with Gasteiger partial charge in [-0.1, -0.05) is 30.3 Å². The first kappa shape index (κ1) is 22.7. The van der Waals surface area contributed by atoms with E-state index in [9.17, 15) is 19.2 Å². The van der Waals surface area contributed by atoms with Crippen LogP contribution in [0.3, 0.4) is 0 Å². The largest absolute Gasteiger partial charge is 0.480 e. The molecule has 0 spiro atoms. The minimum atomic E-state index is -1.21. The summed E-state index contributed by atoms with van der Waals surface area (Å²) in [5.74, 6) is -2.69. The molecule has 158 valence electrons. The van der Waals surface area contributed by atoms with E-state index in [1.807, 2.05) is 30.3 Å². The summed E-state index contributed by atoms with van der Waals surface area (Å²) in [6, 6.07) is 6.78. The smallest absolute Gasteiger partial charge is 0.327 e. The van der Waals surface area contributed by atoms with Crippen LogP contribution in [0.1, 0.15) is 18.4 Å². The van der Waals surface area contributed by atoms with Gasteiger partial charge in [0, 0.05) is 12.3 Å². The number of nitrogens with one attached hydrogen (secondary N) is 2. The monoisotopic (exact) mass is 422 g/mol. The number of carboxylic acid groups (broad SMARTS) is 1. The van der Waals surface area contributed by atoms with E-state index < -0.39 is 35.9 Å². The Kier molecular flexibility index (Phi) is 8.47. The van der Waals surface area contributed by atoms with Gasteiger partial charge in [0.15, 0.2) is 0 Å².